The van der Waals surface area contributed by atoms with Gasteiger partial charge in [-0.05, 0) is 25.3 Å². The molecule has 172 valence electrons. The van der Waals surface area contributed by atoms with Gasteiger partial charge in [0.15, 0.2) is 6.39 Å². The van der Waals surface area contributed by atoms with Crippen molar-refractivity contribution in [2.45, 2.75) is 38.8 Å². The predicted molar refractivity (Wildman–Crippen MR) is 120 cm³/mol. The molecule has 0 saturated carbocycles. The molecular formula is C23H24N4O5S. The van der Waals surface area contributed by atoms with Crippen LogP contribution in [-0.2, 0) is 22.6 Å². The fourth-order valence-electron chi connectivity index (χ4n) is 4.03. The van der Waals surface area contributed by atoms with Gasteiger partial charge in [0.05, 0.1) is 30.8 Å². The van der Waals surface area contributed by atoms with Crippen molar-refractivity contribution in [2.24, 2.45) is 5.92 Å². The SMILES string of the molecule is C[C@H]1[C@@H](C(=O)NCc2nc(-c3ccc(CC(=O)O)cc3)cs2)CCCN1C(=O)c1cnco1. The van der Waals surface area contributed by atoms with Crippen LogP contribution in [0.4, 0.5) is 0 Å². The van der Waals surface area contributed by atoms with Crippen molar-refractivity contribution in [1.29, 1.82) is 0 Å². The molecule has 2 aromatic heterocycles. The smallest absolute Gasteiger partial charge is 0.307 e. The third kappa shape index (κ3) is 5.28. The zero-order valence-electron chi connectivity index (χ0n) is 18.1. The Morgan fingerprint density at radius 1 is 1.27 bits per heavy atom. The molecule has 2 atom stereocenters. The topological polar surface area (TPSA) is 126 Å². The highest BCUT2D eigenvalue weighted by atomic mass is 32.1. The van der Waals surface area contributed by atoms with Crippen LogP contribution in [0.1, 0.15) is 40.9 Å². The summed E-state index contributed by atoms with van der Waals surface area (Å²) >= 11 is 1.45. The molecule has 2 amide bonds. The minimum atomic E-state index is -0.868. The first-order valence-corrected chi connectivity index (χ1v) is 11.5. The minimum Gasteiger partial charge on any atom is -0.481 e. The van der Waals surface area contributed by atoms with Crippen molar-refractivity contribution in [3.05, 3.63) is 58.6 Å². The number of nitrogens with zero attached hydrogens (tertiary/aromatic N) is 3. The van der Waals surface area contributed by atoms with Crippen molar-refractivity contribution in [1.82, 2.24) is 20.2 Å². The average Bonchev–Trinajstić information content (AvgIpc) is 3.50. The first-order chi connectivity index (χ1) is 15.9. The molecule has 3 aromatic rings. The Kier molecular flexibility index (Phi) is 6.83. The van der Waals surface area contributed by atoms with Gasteiger partial charge in [-0.3, -0.25) is 14.4 Å². The molecule has 9 nitrogen and oxygen atoms in total. The van der Waals surface area contributed by atoms with Crippen LogP contribution in [-0.4, -0.2) is 50.3 Å². The number of carboxylic acid groups (broad SMARTS) is 1. The van der Waals surface area contributed by atoms with Crippen LogP contribution in [0.3, 0.4) is 0 Å². The standard InChI is InChI=1S/C23H24N4O5S/c1-14-17(3-2-8-27(14)23(31)19-10-24-13-32-19)22(30)25-11-20-26-18(12-33-20)16-6-4-15(5-7-16)9-21(28)29/h4-7,10,12-14,17H,2-3,8-9,11H2,1H3,(H,25,30)(H,28,29)/t14-,17-/m0/s1. The fourth-order valence-corrected chi connectivity index (χ4v) is 4.77. The zero-order valence-corrected chi connectivity index (χ0v) is 18.9. The number of oxazole rings is 1. The quantitative estimate of drug-likeness (QED) is 0.546. The van der Waals surface area contributed by atoms with E-state index in [0.29, 0.717) is 19.5 Å². The summed E-state index contributed by atoms with van der Waals surface area (Å²) in [7, 11) is 0. The van der Waals surface area contributed by atoms with Crippen molar-refractivity contribution >= 4 is 29.1 Å². The lowest BCUT2D eigenvalue weighted by atomic mass is 9.89. The van der Waals surface area contributed by atoms with Gasteiger partial charge in [0, 0.05) is 23.5 Å². The van der Waals surface area contributed by atoms with Gasteiger partial charge >= 0.3 is 5.97 Å². The Labute approximate surface area is 194 Å². The molecular weight excluding hydrogens is 444 g/mol. The number of benzene rings is 1. The lowest BCUT2D eigenvalue weighted by molar-refractivity contribution is -0.136. The van der Waals surface area contributed by atoms with Crippen LogP contribution in [0.5, 0.6) is 0 Å². The van der Waals surface area contributed by atoms with Crippen molar-refractivity contribution in [3.8, 4) is 11.3 Å². The second-order valence-electron chi connectivity index (χ2n) is 7.97. The number of nitrogens with one attached hydrogen (secondary N) is 1. The molecule has 1 aliphatic heterocycles. The third-order valence-electron chi connectivity index (χ3n) is 5.80. The van der Waals surface area contributed by atoms with Gasteiger partial charge in [-0.25, -0.2) is 9.97 Å². The summed E-state index contributed by atoms with van der Waals surface area (Å²) in [6.07, 6.45) is 4.04. The monoisotopic (exact) mass is 468 g/mol. The summed E-state index contributed by atoms with van der Waals surface area (Å²) in [6, 6.07) is 6.99. The Morgan fingerprint density at radius 3 is 2.76 bits per heavy atom. The van der Waals surface area contributed by atoms with E-state index in [0.717, 1.165) is 28.2 Å². The van der Waals surface area contributed by atoms with Gasteiger partial charge in [0.25, 0.3) is 5.91 Å². The number of carbonyl (C=O) groups is 3. The van der Waals surface area contributed by atoms with Gasteiger partial charge < -0.3 is 19.7 Å². The maximum atomic E-state index is 12.9. The molecule has 0 bridgehead atoms. The number of carbonyl (C=O) groups excluding carboxylic acids is 2. The highest BCUT2D eigenvalue weighted by molar-refractivity contribution is 7.09. The zero-order chi connectivity index (χ0) is 23.4. The molecule has 33 heavy (non-hydrogen) atoms. The Hall–Kier alpha value is -3.53. The van der Waals surface area contributed by atoms with Crippen LogP contribution in [0.2, 0.25) is 0 Å². The summed E-state index contributed by atoms with van der Waals surface area (Å²) in [5.41, 5.74) is 2.40. The molecule has 0 aliphatic carbocycles. The van der Waals surface area contributed by atoms with Gasteiger partial charge in [0.1, 0.15) is 5.01 Å². The summed E-state index contributed by atoms with van der Waals surface area (Å²) in [5.74, 6) is -1.36. The normalized spacial score (nSPS) is 18.2. The van der Waals surface area contributed by atoms with E-state index in [1.807, 2.05) is 24.4 Å². The van der Waals surface area contributed by atoms with E-state index in [2.05, 4.69) is 15.3 Å². The number of rotatable bonds is 7. The van der Waals surface area contributed by atoms with Crippen LogP contribution in [0.15, 0.2) is 46.7 Å². The molecule has 1 fully saturated rings. The number of piperidine rings is 1. The highest BCUT2D eigenvalue weighted by Gasteiger charge is 2.36. The van der Waals surface area contributed by atoms with Gasteiger partial charge in [0.2, 0.25) is 11.7 Å². The molecule has 0 spiro atoms. The maximum absolute atomic E-state index is 12.9. The number of aliphatic carboxylic acids is 1. The van der Waals surface area contributed by atoms with Crippen LogP contribution >= 0.6 is 11.3 Å². The largest absolute Gasteiger partial charge is 0.481 e. The van der Waals surface area contributed by atoms with E-state index >= 15 is 0 Å². The van der Waals surface area contributed by atoms with Crippen molar-refractivity contribution in [3.63, 3.8) is 0 Å². The lowest BCUT2D eigenvalue weighted by Crippen LogP contribution is -2.51. The number of aromatic nitrogens is 2. The summed E-state index contributed by atoms with van der Waals surface area (Å²) in [6.45, 7) is 2.76. The Balaban J connectivity index is 1.34. The minimum absolute atomic E-state index is 0.0182. The van der Waals surface area contributed by atoms with E-state index in [-0.39, 0.29) is 36.0 Å². The third-order valence-corrected chi connectivity index (χ3v) is 6.65. The number of hydrogen-bond donors (Lipinski definition) is 2. The molecule has 1 aromatic carbocycles. The molecule has 3 heterocycles. The summed E-state index contributed by atoms with van der Waals surface area (Å²) in [4.78, 5) is 46.4. The number of thiazole rings is 1. The molecule has 1 saturated heterocycles. The second kappa shape index (κ2) is 9.95. The Morgan fingerprint density at radius 2 is 2.06 bits per heavy atom. The van der Waals surface area contributed by atoms with E-state index in [4.69, 9.17) is 9.52 Å². The van der Waals surface area contributed by atoms with Crippen LogP contribution < -0.4 is 5.32 Å². The fraction of sp³-hybridized carbons (Fsp3) is 0.348. The van der Waals surface area contributed by atoms with Crippen LogP contribution in [0.25, 0.3) is 11.3 Å². The number of amides is 2. The molecule has 0 radical (unpaired) electrons. The first-order valence-electron chi connectivity index (χ1n) is 10.6. The highest BCUT2D eigenvalue weighted by Crippen LogP contribution is 2.26. The Bertz CT molecular complexity index is 1130. The van der Waals surface area contributed by atoms with Gasteiger partial charge in [-0.1, -0.05) is 24.3 Å². The average molecular weight is 469 g/mol. The summed E-state index contributed by atoms with van der Waals surface area (Å²) in [5, 5.41) is 14.5. The van der Waals surface area contributed by atoms with Crippen LogP contribution in [0, 0.1) is 5.92 Å². The predicted octanol–water partition coefficient (Wildman–Crippen LogP) is 2.98. The number of likely N-dealkylation sites (tertiary alicyclic amines) is 1. The molecule has 0 unspecified atom stereocenters. The van der Waals surface area contributed by atoms with Gasteiger partial charge in [-0.2, -0.15) is 0 Å². The number of hydrogen-bond acceptors (Lipinski definition) is 7. The van der Waals surface area contributed by atoms with E-state index in [1.54, 1.807) is 17.0 Å². The van der Waals surface area contributed by atoms with Crippen molar-refractivity contribution < 1.29 is 23.9 Å². The second-order valence-corrected chi connectivity index (χ2v) is 8.91. The first kappa shape index (κ1) is 22.7. The van der Waals surface area contributed by atoms with Gasteiger partial charge in [-0.15, -0.1) is 11.3 Å². The lowest BCUT2D eigenvalue weighted by Gasteiger charge is -2.38. The molecule has 10 heteroatoms. The van der Waals surface area contributed by atoms with E-state index in [1.165, 1.54) is 23.9 Å². The number of carboxylic acids is 1. The summed E-state index contributed by atoms with van der Waals surface area (Å²) < 4.78 is 5.12. The van der Waals surface area contributed by atoms with E-state index in [9.17, 15) is 14.4 Å². The van der Waals surface area contributed by atoms with Crippen molar-refractivity contribution in [2.75, 3.05) is 6.54 Å². The maximum Gasteiger partial charge on any atom is 0.307 e. The van der Waals surface area contributed by atoms with E-state index < -0.39 is 5.97 Å². The molecule has 2 N–H and O–H groups in total. The molecule has 4 rings (SSSR count). The molecule has 1 aliphatic rings.